The Balaban J connectivity index is 2.23. The Hall–Kier alpha value is -2.64. The molecular formula is C56H99NO10. The van der Waals surface area contributed by atoms with Gasteiger partial charge in [0.05, 0.1) is 32.0 Å². The van der Waals surface area contributed by atoms with Gasteiger partial charge in [-0.15, -0.1) is 0 Å². The van der Waals surface area contributed by atoms with Crippen LogP contribution in [0.15, 0.2) is 60.8 Å². The number of carbonyl (C=O) groups is 2. The molecule has 0 radical (unpaired) electrons. The average molecular weight is 946 g/mol. The predicted molar refractivity (Wildman–Crippen MR) is 273 cm³/mol. The standard InChI is InChI=1S/C56H99NO10/c1-3-5-7-9-11-13-15-18-22-26-30-34-38-42-49(59)48(47-66-56-55(64)54(63)53(62)50(46-58)67-56)57-51(60)43-39-35-31-27-23-20-17-21-25-29-33-37-41-45-65-52(61)44-40-36-32-28-24-19-16-14-12-10-8-6-4-2/h8,10,14,16,20,23,31,35,38,42,48-50,53-56,58-59,62-64H,3-7,9,11-13,15,17-19,21-22,24-30,32-34,36-37,39-41,43-47H2,1-2H3,(H,57,60)/b10-8-,16-14-,23-20-,35-31-,42-38+. The van der Waals surface area contributed by atoms with Crippen molar-refractivity contribution in [3.8, 4) is 0 Å². The lowest BCUT2D eigenvalue weighted by Gasteiger charge is -2.40. The molecule has 67 heavy (non-hydrogen) atoms. The van der Waals surface area contributed by atoms with Crippen LogP contribution < -0.4 is 5.32 Å². The smallest absolute Gasteiger partial charge is 0.305 e. The molecule has 7 unspecified atom stereocenters. The van der Waals surface area contributed by atoms with Crippen LogP contribution in [0.3, 0.4) is 0 Å². The van der Waals surface area contributed by atoms with Crippen LogP contribution in [-0.2, 0) is 23.8 Å². The van der Waals surface area contributed by atoms with Crippen LogP contribution in [0, 0.1) is 0 Å². The number of aliphatic hydroxyl groups is 5. The van der Waals surface area contributed by atoms with Gasteiger partial charge in [0.2, 0.25) is 5.91 Å². The zero-order valence-corrected chi connectivity index (χ0v) is 42.3. The van der Waals surface area contributed by atoms with E-state index < -0.39 is 49.5 Å². The van der Waals surface area contributed by atoms with Crippen LogP contribution in [0.5, 0.6) is 0 Å². The zero-order valence-electron chi connectivity index (χ0n) is 42.3. The van der Waals surface area contributed by atoms with Crippen LogP contribution in [-0.4, -0.2) is 100 Å². The van der Waals surface area contributed by atoms with Crippen molar-refractivity contribution in [2.75, 3.05) is 19.8 Å². The SMILES string of the molecule is CCC/C=C\C/C=C\CCCCCCCC(=O)OCCCCCCCC/C=C\C/C=C\CCC(=O)NC(COC1OC(CO)C(O)C(O)C1O)C(O)/C=C/CCCCCCCCCCCCC. The number of amides is 1. The molecule has 0 spiro atoms. The highest BCUT2D eigenvalue weighted by Gasteiger charge is 2.44. The number of hydrogen-bond acceptors (Lipinski definition) is 10. The predicted octanol–water partition coefficient (Wildman–Crippen LogP) is 11.5. The van der Waals surface area contributed by atoms with Gasteiger partial charge >= 0.3 is 5.97 Å². The summed E-state index contributed by atoms with van der Waals surface area (Å²) in [6.07, 6.45) is 47.3. The minimum Gasteiger partial charge on any atom is -0.466 e. The monoisotopic (exact) mass is 946 g/mol. The molecule has 1 rings (SSSR count). The molecule has 0 aromatic rings. The third kappa shape index (κ3) is 36.0. The minimum atomic E-state index is -1.59. The van der Waals surface area contributed by atoms with E-state index in [0.717, 1.165) is 83.5 Å². The van der Waals surface area contributed by atoms with Gasteiger partial charge in [-0.05, 0) is 77.0 Å². The molecule has 0 aromatic carbocycles. The van der Waals surface area contributed by atoms with E-state index in [1.54, 1.807) is 6.08 Å². The molecule has 7 atom stereocenters. The van der Waals surface area contributed by atoms with Gasteiger partial charge in [0.1, 0.15) is 24.4 Å². The van der Waals surface area contributed by atoms with E-state index >= 15 is 0 Å². The van der Waals surface area contributed by atoms with Crippen molar-refractivity contribution in [2.24, 2.45) is 0 Å². The number of allylic oxidation sites excluding steroid dienone is 9. The molecule has 0 bridgehead atoms. The van der Waals surface area contributed by atoms with Gasteiger partial charge in [0.25, 0.3) is 0 Å². The molecule has 0 saturated carbocycles. The number of unbranched alkanes of at least 4 members (excludes halogenated alkanes) is 23. The van der Waals surface area contributed by atoms with Gasteiger partial charge in [-0.25, -0.2) is 0 Å². The number of rotatable bonds is 45. The normalized spacial score (nSPS) is 20.0. The largest absolute Gasteiger partial charge is 0.466 e. The van der Waals surface area contributed by atoms with Crippen LogP contribution >= 0.6 is 0 Å². The first kappa shape index (κ1) is 62.4. The fourth-order valence-corrected chi connectivity index (χ4v) is 7.99. The highest BCUT2D eigenvalue weighted by molar-refractivity contribution is 5.76. The molecule has 1 heterocycles. The van der Waals surface area contributed by atoms with Crippen molar-refractivity contribution in [1.82, 2.24) is 5.32 Å². The lowest BCUT2D eigenvalue weighted by molar-refractivity contribution is -0.302. The first-order chi connectivity index (χ1) is 32.7. The molecule has 1 saturated heterocycles. The molecule has 1 amide bonds. The van der Waals surface area contributed by atoms with Crippen molar-refractivity contribution in [2.45, 2.75) is 262 Å². The number of nitrogens with one attached hydrogen (secondary N) is 1. The Kier molecular flexibility index (Phi) is 42.6. The van der Waals surface area contributed by atoms with Gasteiger partial charge in [-0.2, -0.15) is 0 Å². The van der Waals surface area contributed by atoms with Crippen LogP contribution in [0.4, 0.5) is 0 Å². The molecule has 388 valence electrons. The van der Waals surface area contributed by atoms with Crippen molar-refractivity contribution in [3.05, 3.63) is 60.8 Å². The maximum absolute atomic E-state index is 13.0. The lowest BCUT2D eigenvalue weighted by atomic mass is 9.99. The zero-order chi connectivity index (χ0) is 48.8. The summed E-state index contributed by atoms with van der Waals surface area (Å²) in [7, 11) is 0. The van der Waals surface area contributed by atoms with Crippen LogP contribution in [0.1, 0.15) is 219 Å². The molecule has 11 heteroatoms. The van der Waals surface area contributed by atoms with E-state index in [1.165, 1.54) is 103 Å². The molecule has 1 fully saturated rings. The summed E-state index contributed by atoms with van der Waals surface area (Å²) < 4.78 is 16.6. The topological polar surface area (TPSA) is 175 Å². The first-order valence-electron chi connectivity index (χ1n) is 27.1. The highest BCUT2D eigenvalue weighted by Crippen LogP contribution is 2.23. The van der Waals surface area contributed by atoms with E-state index in [2.05, 4.69) is 55.6 Å². The quantitative estimate of drug-likeness (QED) is 0.0196. The minimum absolute atomic E-state index is 0.0557. The maximum atomic E-state index is 13.0. The number of aliphatic hydroxyl groups excluding tert-OH is 5. The first-order valence-corrected chi connectivity index (χ1v) is 27.1. The van der Waals surface area contributed by atoms with Crippen LogP contribution in [0.2, 0.25) is 0 Å². The molecule has 0 aliphatic carbocycles. The molecule has 11 nitrogen and oxygen atoms in total. The Morgan fingerprint density at radius 1 is 0.552 bits per heavy atom. The van der Waals surface area contributed by atoms with E-state index in [1.807, 2.05) is 18.2 Å². The molecular weight excluding hydrogens is 847 g/mol. The summed E-state index contributed by atoms with van der Waals surface area (Å²) in [5.41, 5.74) is 0. The van der Waals surface area contributed by atoms with E-state index in [0.29, 0.717) is 19.4 Å². The van der Waals surface area contributed by atoms with Crippen molar-refractivity contribution >= 4 is 11.9 Å². The highest BCUT2D eigenvalue weighted by atomic mass is 16.7. The fourth-order valence-electron chi connectivity index (χ4n) is 7.99. The van der Waals surface area contributed by atoms with Gasteiger partial charge < -0.3 is 45.1 Å². The number of ether oxygens (including phenoxy) is 3. The summed E-state index contributed by atoms with van der Waals surface area (Å²) in [5.74, 6) is -0.321. The van der Waals surface area contributed by atoms with Gasteiger partial charge in [0, 0.05) is 12.8 Å². The van der Waals surface area contributed by atoms with Crippen LogP contribution in [0.25, 0.3) is 0 Å². The number of esters is 1. The molecule has 1 aliphatic heterocycles. The Morgan fingerprint density at radius 2 is 1.04 bits per heavy atom. The van der Waals surface area contributed by atoms with E-state index in [9.17, 15) is 35.1 Å². The van der Waals surface area contributed by atoms with Crippen molar-refractivity contribution in [3.63, 3.8) is 0 Å². The Morgan fingerprint density at radius 3 is 1.60 bits per heavy atom. The summed E-state index contributed by atoms with van der Waals surface area (Å²) in [6.45, 7) is 4.16. The molecule has 0 aromatic heterocycles. The summed E-state index contributed by atoms with van der Waals surface area (Å²) in [4.78, 5) is 25.0. The van der Waals surface area contributed by atoms with E-state index in [-0.39, 0.29) is 24.9 Å². The summed E-state index contributed by atoms with van der Waals surface area (Å²) >= 11 is 0. The molecule has 1 aliphatic rings. The van der Waals surface area contributed by atoms with E-state index in [4.69, 9.17) is 14.2 Å². The second kappa shape index (κ2) is 45.8. The second-order valence-corrected chi connectivity index (χ2v) is 18.6. The Bertz CT molecular complexity index is 1300. The summed E-state index contributed by atoms with van der Waals surface area (Å²) in [5, 5.41) is 54.2. The number of carbonyl (C=O) groups excluding carboxylic acids is 2. The van der Waals surface area contributed by atoms with Crippen molar-refractivity contribution in [1.29, 1.82) is 0 Å². The lowest BCUT2D eigenvalue weighted by Crippen LogP contribution is -2.60. The van der Waals surface area contributed by atoms with Gasteiger partial charge in [-0.1, -0.05) is 190 Å². The Labute approximate surface area is 408 Å². The average Bonchev–Trinajstić information content (AvgIpc) is 3.32. The fraction of sp³-hybridized carbons (Fsp3) is 0.786. The van der Waals surface area contributed by atoms with Crippen molar-refractivity contribution < 1.29 is 49.3 Å². The number of hydrogen-bond donors (Lipinski definition) is 6. The maximum Gasteiger partial charge on any atom is 0.305 e. The second-order valence-electron chi connectivity index (χ2n) is 18.6. The molecule has 6 N–H and O–H groups in total. The van der Waals surface area contributed by atoms with Gasteiger partial charge in [-0.3, -0.25) is 9.59 Å². The third-order valence-corrected chi connectivity index (χ3v) is 12.3. The van der Waals surface area contributed by atoms with Gasteiger partial charge in [0.15, 0.2) is 6.29 Å². The third-order valence-electron chi connectivity index (χ3n) is 12.3. The summed E-state index contributed by atoms with van der Waals surface area (Å²) in [6, 6.07) is -0.855.